The van der Waals surface area contributed by atoms with Crippen LogP contribution in [0.3, 0.4) is 0 Å². The van der Waals surface area contributed by atoms with E-state index in [0.29, 0.717) is 5.75 Å². The maximum absolute atomic E-state index is 9.70. The summed E-state index contributed by atoms with van der Waals surface area (Å²) in [4.78, 5) is 1.30. The average molecular weight is 250 g/mol. The van der Waals surface area contributed by atoms with Crippen LogP contribution in [0.5, 0.6) is 5.75 Å². The molecule has 0 amide bonds. The van der Waals surface area contributed by atoms with Gasteiger partial charge in [-0.15, -0.1) is 11.8 Å². The number of phenolic OH excluding ortho intramolecular Hbond substituents is 1. The van der Waals surface area contributed by atoms with Crippen LogP contribution in [-0.4, -0.2) is 10.9 Å². The second kappa shape index (κ2) is 5.81. The Labute approximate surface area is 109 Å². The average Bonchev–Trinajstić information content (AvgIpc) is 3.09. The Morgan fingerprint density at radius 3 is 2.41 bits per heavy atom. The van der Waals surface area contributed by atoms with Crippen molar-refractivity contribution in [3.8, 4) is 5.75 Å². The van der Waals surface area contributed by atoms with Gasteiger partial charge in [-0.3, -0.25) is 0 Å². The highest BCUT2D eigenvalue weighted by Gasteiger charge is 2.19. The van der Waals surface area contributed by atoms with Gasteiger partial charge in [-0.1, -0.05) is 25.7 Å². The summed E-state index contributed by atoms with van der Waals surface area (Å²) in [5.41, 5.74) is 1.98. The van der Waals surface area contributed by atoms with Gasteiger partial charge in [0.05, 0.1) is 0 Å². The molecule has 1 nitrogen and oxygen atoms in total. The quantitative estimate of drug-likeness (QED) is 0.584. The van der Waals surface area contributed by atoms with E-state index in [1.54, 1.807) is 0 Å². The largest absolute Gasteiger partial charge is 0.507 e. The number of unbranched alkanes of at least 4 members (excludes halogenated alkanes) is 1. The van der Waals surface area contributed by atoms with Crippen molar-refractivity contribution in [3.05, 3.63) is 23.3 Å². The van der Waals surface area contributed by atoms with Crippen LogP contribution in [0.2, 0.25) is 0 Å². The first-order valence-electron chi connectivity index (χ1n) is 6.60. The van der Waals surface area contributed by atoms with Crippen molar-refractivity contribution in [2.24, 2.45) is 5.92 Å². The molecule has 1 fully saturated rings. The number of phenols is 1. The smallest absolute Gasteiger partial charge is 0.121 e. The molecule has 0 unspecified atom stereocenters. The first kappa shape index (κ1) is 12.8. The second-order valence-electron chi connectivity index (χ2n) is 5.19. The molecular weight excluding hydrogens is 228 g/mol. The molecular formula is C15H22OS. The Morgan fingerprint density at radius 2 is 1.82 bits per heavy atom. The minimum atomic E-state index is 0.447. The Balaban J connectivity index is 1.73. The minimum absolute atomic E-state index is 0.447. The highest BCUT2D eigenvalue weighted by atomic mass is 32.2. The van der Waals surface area contributed by atoms with Crippen molar-refractivity contribution >= 4 is 11.8 Å². The SMILES string of the molecule is Cc1cc(SCCCCC2CC2)cc(C)c1O. The van der Waals surface area contributed by atoms with Gasteiger partial charge in [-0.2, -0.15) is 0 Å². The van der Waals surface area contributed by atoms with E-state index in [1.165, 1.54) is 42.8 Å². The van der Waals surface area contributed by atoms with Crippen LogP contribution in [-0.2, 0) is 0 Å². The molecule has 1 aliphatic rings. The lowest BCUT2D eigenvalue weighted by molar-refractivity contribution is 0.466. The Kier molecular flexibility index (Phi) is 4.38. The Morgan fingerprint density at radius 1 is 1.18 bits per heavy atom. The second-order valence-corrected chi connectivity index (χ2v) is 6.36. The van der Waals surface area contributed by atoms with Crippen molar-refractivity contribution < 1.29 is 5.11 Å². The summed E-state index contributed by atoms with van der Waals surface area (Å²) >= 11 is 1.92. The fourth-order valence-corrected chi connectivity index (χ4v) is 3.24. The van der Waals surface area contributed by atoms with E-state index >= 15 is 0 Å². The number of aryl methyl sites for hydroxylation is 2. The zero-order chi connectivity index (χ0) is 12.3. The molecule has 0 aliphatic heterocycles. The van der Waals surface area contributed by atoms with E-state index in [2.05, 4.69) is 12.1 Å². The lowest BCUT2D eigenvalue weighted by Crippen LogP contribution is -1.86. The fourth-order valence-electron chi connectivity index (χ4n) is 2.13. The number of rotatable bonds is 6. The van der Waals surface area contributed by atoms with Gasteiger partial charge in [0.1, 0.15) is 5.75 Å². The van der Waals surface area contributed by atoms with Crippen molar-refractivity contribution in [1.82, 2.24) is 0 Å². The molecule has 17 heavy (non-hydrogen) atoms. The van der Waals surface area contributed by atoms with Crippen LogP contribution in [0.1, 0.15) is 43.2 Å². The molecule has 0 bridgehead atoms. The highest BCUT2D eigenvalue weighted by Crippen LogP contribution is 2.34. The number of aromatic hydroxyl groups is 1. The maximum atomic E-state index is 9.70. The van der Waals surface area contributed by atoms with Gasteiger partial charge >= 0.3 is 0 Å². The van der Waals surface area contributed by atoms with Gasteiger partial charge in [0, 0.05) is 4.90 Å². The van der Waals surface area contributed by atoms with Gasteiger partial charge in [-0.05, 0) is 55.2 Å². The van der Waals surface area contributed by atoms with Crippen molar-refractivity contribution in [2.45, 2.75) is 50.8 Å². The maximum Gasteiger partial charge on any atom is 0.121 e. The van der Waals surface area contributed by atoms with Crippen molar-refractivity contribution in [2.75, 3.05) is 5.75 Å². The third kappa shape index (κ3) is 3.95. The number of hydrogen-bond donors (Lipinski definition) is 1. The van der Waals surface area contributed by atoms with E-state index in [-0.39, 0.29) is 0 Å². The summed E-state index contributed by atoms with van der Waals surface area (Å²) in [5, 5.41) is 9.70. The van der Waals surface area contributed by atoms with Crippen LogP contribution in [0.15, 0.2) is 17.0 Å². The lowest BCUT2D eigenvalue weighted by Gasteiger charge is -2.07. The predicted octanol–water partition coefficient (Wildman–Crippen LogP) is 4.68. The van der Waals surface area contributed by atoms with Crippen molar-refractivity contribution in [1.29, 1.82) is 0 Å². The molecule has 2 heteroatoms. The van der Waals surface area contributed by atoms with Gasteiger partial charge in [-0.25, -0.2) is 0 Å². The summed E-state index contributed by atoms with van der Waals surface area (Å²) in [7, 11) is 0. The summed E-state index contributed by atoms with van der Waals surface area (Å²) in [6.07, 6.45) is 7.09. The molecule has 2 rings (SSSR count). The predicted molar refractivity (Wildman–Crippen MR) is 74.9 cm³/mol. The van der Waals surface area contributed by atoms with E-state index in [0.717, 1.165) is 17.0 Å². The third-order valence-corrected chi connectivity index (χ3v) is 4.50. The summed E-state index contributed by atoms with van der Waals surface area (Å²) in [6.45, 7) is 3.94. The molecule has 1 N–H and O–H groups in total. The van der Waals surface area contributed by atoms with Crippen LogP contribution >= 0.6 is 11.8 Å². The molecule has 0 saturated heterocycles. The first-order valence-corrected chi connectivity index (χ1v) is 7.58. The standard InChI is InChI=1S/C15H22OS/c1-11-9-14(10-12(2)15(11)16)17-8-4-3-5-13-6-7-13/h9-10,13,16H,3-8H2,1-2H3. The van der Waals surface area contributed by atoms with Crippen LogP contribution in [0.4, 0.5) is 0 Å². The molecule has 1 aliphatic carbocycles. The molecule has 0 spiro atoms. The molecule has 0 aromatic heterocycles. The van der Waals surface area contributed by atoms with E-state index in [9.17, 15) is 5.11 Å². The molecule has 0 heterocycles. The highest BCUT2D eigenvalue weighted by molar-refractivity contribution is 7.99. The van der Waals surface area contributed by atoms with E-state index in [1.807, 2.05) is 25.6 Å². The van der Waals surface area contributed by atoms with Gasteiger partial charge < -0.3 is 5.11 Å². The summed E-state index contributed by atoms with van der Waals surface area (Å²) in [5.74, 6) is 2.72. The molecule has 0 radical (unpaired) electrons. The van der Waals surface area contributed by atoms with E-state index < -0.39 is 0 Å². The normalized spacial score (nSPS) is 15.2. The third-order valence-electron chi connectivity index (χ3n) is 3.44. The molecule has 0 atom stereocenters. The molecule has 94 valence electrons. The minimum Gasteiger partial charge on any atom is -0.507 e. The van der Waals surface area contributed by atoms with Gasteiger partial charge in [0.25, 0.3) is 0 Å². The summed E-state index contributed by atoms with van der Waals surface area (Å²) in [6, 6.07) is 4.18. The number of benzene rings is 1. The Bertz CT molecular complexity index is 360. The molecule has 1 aromatic carbocycles. The zero-order valence-corrected chi connectivity index (χ0v) is 11.6. The lowest BCUT2D eigenvalue weighted by atomic mass is 10.1. The number of thioether (sulfide) groups is 1. The van der Waals surface area contributed by atoms with Gasteiger partial charge in [0.2, 0.25) is 0 Å². The fraction of sp³-hybridized carbons (Fsp3) is 0.600. The van der Waals surface area contributed by atoms with Crippen LogP contribution < -0.4 is 0 Å². The van der Waals surface area contributed by atoms with Gasteiger partial charge in [0.15, 0.2) is 0 Å². The topological polar surface area (TPSA) is 20.2 Å². The van der Waals surface area contributed by atoms with Crippen LogP contribution in [0.25, 0.3) is 0 Å². The van der Waals surface area contributed by atoms with Crippen molar-refractivity contribution in [3.63, 3.8) is 0 Å². The summed E-state index contributed by atoms with van der Waals surface area (Å²) < 4.78 is 0. The van der Waals surface area contributed by atoms with Crippen LogP contribution in [0, 0.1) is 19.8 Å². The molecule has 1 saturated carbocycles. The Hall–Kier alpha value is -0.630. The monoisotopic (exact) mass is 250 g/mol. The molecule has 1 aromatic rings. The first-order chi connectivity index (χ1) is 8.16. The van der Waals surface area contributed by atoms with E-state index in [4.69, 9.17) is 0 Å². The number of hydrogen-bond acceptors (Lipinski definition) is 2. The zero-order valence-electron chi connectivity index (χ0n) is 10.8.